The van der Waals surface area contributed by atoms with Gasteiger partial charge in [0.1, 0.15) is 0 Å². The van der Waals surface area contributed by atoms with Crippen LogP contribution in [0.25, 0.3) is 0 Å². The van der Waals surface area contributed by atoms with E-state index in [4.69, 9.17) is 11.6 Å². The Bertz CT molecular complexity index is 578. The van der Waals surface area contributed by atoms with Gasteiger partial charge in [-0.05, 0) is 37.0 Å². The highest BCUT2D eigenvalue weighted by molar-refractivity contribution is 6.30. The molecule has 1 aliphatic carbocycles. The van der Waals surface area contributed by atoms with Crippen LogP contribution < -0.4 is 16.2 Å². The van der Waals surface area contributed by atoms with E-state index < -0.39 is 0 Å². The SMILES string of the molecule is O=C(CC1NNC(=O)C2CCCCC12)Nc1cccc(Cl)c1. The van der Waals surface area contributed by atoms with Crippen LogP contribution >= 0.6 is 11.6 Å². The standard InChI is InChI=1S/C16H20ClN3O2/c17-10-4-3-5-11(8-10)18-15(21)9-14-12-6-1-2-7-13(12)16(22)20-19-14/h3-5,8,12-14,19H,1-2,6-7,9H2,(H,18,21)(H,20,22). The second-order valence-electron chi connectivity index (χ2n) is 6.06. The number of fused-ring (bicyclic) bond motifs is 1. The Hall–Kier alpha value is -1.59. The number of hydrogen-bond acceptors (Lipinski definition) is 3. The molecular weight excluding hydrogens is 302 g/mol. The molecule has 5 nitrogen and oxygen atoms in total. The lowest BCUT2D eigenvalue weighted by molar-refractivity contribution is -0.134. The van der Waals surface area contributed by atoms with Gasteiger partial charge < -0.3 is 5.32 Å². The molecule has 1 saturated carbocycles. The summed E-state index contributed by atoms with van der Waals surface area (Å²) in [5.41, 5.74) is 6.42. The summed E-state index contributed by atoms with van der Waals surface area (Å²) in [5.74, 6) is 0.281. The lowest BCUT2D eigenvalue weighted by atomic mass is 9.73. The van der Waals surface area contributed by atoms with Crippen molar-refractivity contribution in [3.63, 3.8) is 0 Å². The molecule has 1 aliphatic heterocycles. The van der Waals surface area contributed by atoms with E-state index in [1.165, 1.54) is 0 Å². The van der Waals surface area contributed by atoms with Gasteiger partial charge in [0.05, 0.1) is 0 Å². The molecule has 0 radical (unpaired) electrons. The predicted octanol–water partition coefficient (Wildman–Crippen LogP) is 2.48. The number of amides is 2. The molecule has 0 spiro atoms. The first kappa shape index (κ1) is 15.3. The molecule has 3 atom stereocenters. The van der Waals surface area contributed by atoms with Gasteiger partial charge in [-0.15, -0.1) is 0 Å². The minimum absolute atomic E-state index is 0.0119. The average molecular weight is 322 g/mol. The first-order valence-corrected chi connectivity index (χ1v) is 8.12. The molecule has 1 aromatic rings. The largest absolute Gasteiger partial charge is 0.326 e. The lowest BCUT2D eigenvalue weighted by Crippen LogP contribution is -2.60. The Kier molecular flexibility index (Phi) is 4.64. The van der Waals surface area contributed by atoms with Crippen molar-refractivity contribution in [2.45, 2.75) is 38.1 Å². The minimum Gasteiger partial charge on any atom is -0.326 e. The maximum absolute atomic E-state index is 12.2. The van der Waals surface area contributed by atoms with Gasteiger partial charge >= 0.3 is 0 Å². The van der Waals surface area contributed by atoms with Crippen molar-refractivity contribution >= 4 is 29.1 Å². The summed E-state index contributed by atoms with van der Waals surface area (Å²) in [6.07, 6.45) is 4.48. The number of halogens is 1. The molecule has 22 heavy (non-hydrogen) atoms. The molecule has 3 N–H and O–H groups in total. The highest BCUT2D eigenvalue weighted by Crippen LogP contribution is 2.35. The number of hydrazine groups is 1. The first-order chi connectivity index (χ1) is 10.6. The number of carbonyl (C=O) groups is 2. The van der Waals surface area contributed by atoms with Crippen LogP contribution in [0.2, 0.25) is 5.02 Å². The Morgan fingerprint density at radius 3 is 2.95 bits per heavy atom. The maximum atomic E-state index is 12.2. The number of benzene rings is 1. The first-order valence-electron chi connectivity index (χ1n) is 7.74. The fourth-order valence-corrected chi connectivity index (χ4v) is 3.70. The van der Waals surface area contributed by atoms with Crippen LogP contribution in [0, 0.1) is 11.8 Å². The van der Waals surface area contributed by atoms with E-state index in [2.05, 4.69) is 16.2 Å². The highest BCUT2D eigenvalue weighted by Gasteiger charge is 2.40. The average Bonchev–Trinajstić information content (AvgIpc) is 2.50. The molecule has 6 heteroatoms. The molecule has 1 aromatic carbocycles. The molecule has 0 bridgehead atoms. The van der Waals surface area contributed by atoms with Crippen molar-refractivity contribution in [1.29, 1.82) is 0 Å². The van der Waals surface area contributed by atoms with E-state index in [0.717, 1.165) is 25.7 Å². The maximum Gasteiger partial charge on any atom is 0.237 e. The molecule has 3 unspecified atom stereocenters. The molecule has 0 aromatic heterocycles. The Morgan fingerprint density at radius 2 is 2.14 bits per heavy atom. The molecule has 2 fully saturated rings. The van der Waals surface area contributed by atoms with Crippen molar-refractivity contribution in [3.05, 3.63) is 29.3 Å². The Balaban J connectivity index is 1.62. The number of hydrogen-bond donors (Lipinski definition) is 3. The monoisotopic (exact) mass is 321 g/mol. The van der Waals surface area contributed by atoms with Crippen LogP contribution in [0.5, 0.6) is 0 Å². The minimum atomic E-state index is -0.0692. The fraction of sp³-hybridized carbons (Fsp3) is 0.500. The quantitative estimate of drug-likeness (QED) is 0.801. The van der Waals surface area contributed by atoms with Gasteiger partial charge in [-0.3, -0.25) is 15.0 Å². The van der Waals surface area contributed by atoms with Crippen LogP contribution in [0.1, 0.15) is 32.1 Å². The van der Waals surface area contributed by atoms with E-state index in [9.17, 15) is 9.59 Å². The van der Waals surface area contributed by atoms with Crippen molar-refractivity contribution in [1.82, 2.24) is 10.9 Å². The molecule has 3 rings (SSSR count). The lowest BCUT2D eigenvalue weighted by Gasteiger charge is -2.40. The number of anilines is 1. The second-order valence-corrected chi connectivity index (χ2v) is 6.49. The van der Waals surface area contributed by atoms with Gasteiger partial charge in [-0.2, -0.15) is 0 Å². The van der Waals surface area contributed by atoms with E-state index >= 15 is 0 Å². The van der Waals surface area contributed by atoms with Gasteiger partial charge in [0, 0.05) is 29.1 Å². The Labute approximate surface area is 134 Å². The van der Waals surface area contributed by atoms with Gasteiger partial charge in [-0.1, -0.05) is 30.5 Å². The van der Waals surface area contributed by atoms with Crippen molar-refractivity contribution in [2.75, 3.05) is 5.32 Å². The predicted molar refractivity (Wildman–Crippen MR) is 85.2 cm³/mol. The zero-order chi connectivity index (χ0) is 15.5. The molecule has 2 amide bonds. The summed E-state index contributed by atoms with van der Waals surface area (Å²) in [6, 6.07) is 7.08. The van der Waals surface area contributed by atoms with E-state index in [-0.39, 0.29) is 29.7 Å². The summed E-state index contributed by atoms with van der Waals surface area (Å²) < 4.78 is 0. The number of rotatable bonds is 3. The van der Waals surface area contributed by atoms with Gasteiger partial charge in [0.2, 0.25) is 11.8 Å². The van der Waals surface area contributed by atoms with Gasteiger partial charge in [0.25, 0.3) is 0 Å². The molecule has 1 saturated heterocycles. The fourth-order valence-electron chi connectivity index (χ4n) is 3.51. The van der Waals surface area contributed by atoms with Crippen LogP contribution in [0.4, 0.5) is 5.69 Å². The van der Waals surface area contributed by atoms with Crippen LogP contribution in [0.3, 0.4) is 0 Å². The summed E-state index contributed by atoms with van der Waals surface area (Å²) in [4.78, 5) is 24.1. The van der Waals surface area contributed by atoms with Crippen LogP contribution in [0.15, 0.2) is 24.3 Å². The van der Waals surface area contributed by atoms with Gasteiger partial charge in [0.15, 0.2) is 0 Å². The van der Waals surface area contributed by atoms with Crippen molar-refractivity contribution in [3.8, 4) is 0 Å². The molecule has 1 heterocycles. The smallest absolute Gasteiger partial charge is 0.237 e. The van der Waals surface area contributed by atoms with Crippen LogP contribution in [-0.4, -0.2) is 17.9 Å². The van der Waals surface area contributed by atoms with E-state index in [0.29, 0.717) is 17.1 Å². The van der Waals surface area contributed by atoms with E-state index in [1.54, 1.807) is 18.2 Å². The molecule has 118 valence electrons. The summed E-state index contributed by atoms with van der Waals surface area (Å²) in [6.45, 7) is 0. The summed E-state index contributed by atoms with van der Waals surface area (Å²) in [7, 11) is 0. The normalized spacial score (nSPS) is 27.7. The van der Waals surface area contributed by atoms with Crippen molar-refractivity contribution in [2.24, 2.45) is 11.8 Å². The zero-order valence-corrected chi connectivity index (χ0v) is 13.0. The third-order valence-electron chi connectivity index (χ3n) is 4.57. The number of carbonyl (C=O) groups excluding carboxylic acids is 2. The third-order valence-corrected chi connectivity index (χ3v) is 4.80. The summed E-state index contributed by atoms with van der Waals surface area (Å²) in [5, 5.41) is 3.45. The van der Waals surface area contributed by atoms with Crippen LogP contribution in [-0.2, 0) is 9.59 Å². The second kappa shape index (κ2) is 6.67. The van der Waals surface area contributed by atoms with Crippen molar-refractivity contribution < 1.29 is 9.59 Å². The molecular formula is C16H20ClN3O2. The topological polar surface area (TPSA) is 70.2 Å². The Morgan fingerprint density at radius 1 is 1.32 bits per heavy atom. The zero-order valence-electron chi connectivity index (χ0n) is 12.3. The highest BCUT2D eigenvalue weighted by atomic mass is 35.5. The summed E-state index contributed by atoms with van der Waals surface area (Å²) >= 11 is 5.92. The molecule has 2 aliphatic rings. The third kappa shape index (κ3) is 3.42. The van der Waals surface area contributed by atoms with E-state index in [1.807, 2.05) is 6.07 Å². The number of nitrogens with one attached hydrogen (secondary N) is 3. The van der Waals surface area contributed by atoms with Gasteiger partial charge in [-0.25, -0.2) is 5.43 Å².